The van der Waals surface area contributed by atoms with Gasteiger partial charge in [0.05, 0.1) is 0 Å². The monoisotopic (exact) mass is 246 g/mol. The molecule has 0 bridgehead atoms. The number of carbonyl (C=O) groups is 1. The van der Waals surface area contributed by atoms with E-state index < -0.39 is 5.82 Å². The molecule has 0 amide bonds. The summed E-state index contributed by atoms with van der Waals surface area (Å²) in [6.07, 6.45) is 0. The zero-order chi connectivity index (χ0) is 13.3. The standard InChI is InChI=1S/C15H12F2O/c1-9-7-12(8-10(2)14(9)17)15(18)11-3-5-13(16)6-4-11/h3-8H,1-2H3. The second kappa shape index (κ2) is 4.69. The molecule has 2 aromatic rings. The van der Waals surface area contributed by atoms with E-state index in [4.69, 9.17) is 0 Å². The summed E-state index contributed by atoms with van der Waals surface area (Å²) in [5.74, 6) is -0.926. The molecule has 0 aliphatic carbocycles. The first-order valence-electron chi connectivity index (χ1n) is 5.56. The topological polar surface area (TPSA) is 17.1 Å². The first-order valence-corrected chi connectivity index (χ1v) is 5.56. The third-order valence-electron chi connectivity index (χ3n) is 2.81. The highest BCUT2D eigenvalue weighted by atomic mass is 19.1. The van der Waals surface area contributed by atoms with Crippen molar-refractivity contribution in [1.82, 2.24) is 0 Å². The van der Waals surface area contributed by atoms with Crippen LogP contribution in [0.4, 0.5) is 8.78 Å². The van der Waals surface area contributed by atoms with Gasteiger partial charge in [-0.25, -0.2) is 8.78 Å². The summed E-state index contributed by atoms with van der Waals surface area (Å²) in [4.78, 5) is 12.1. The Morgan fingerprint density at radius 2 is 1.39 bits per heavy atom. The predicted molar refractivity (Wildman–Crippen MR) is 65.7 cm³/mol. The van der Waals surface area contributed by atoms with Gasteiger partial charge in [0.15, 0.2) is 5.78 Å². The number of hydrogen-bond donors (Lipinski definition) is 0. The lowest BCUT2D eigenvalue weighted by molar-refractivity contribution is 0.103. The molecule has 1 nitrogen and oxygen atoms in total. The first kappa shape index (κ1) is 12.4. The fourth-order valence-corrected chi connectivity index (χ4v) is 1.84. The van der Waals surface area contributed by atoms with Crippen molar-refractivity contribution in [2.75, 3.05) is 0 Å². The molecule has 0 radical (unpaired) electrons. The van der Waals surface area contributed by atoms with Crippen LogP contribution in [0.25, 0.3) is 0 Å². The van der Waals surface area contributed by atoms with Crippen LogP contribution < -0.4 is 0 Å². The normalized spacial score (nSPS) is 10.4. The van der Waals surface area contributed by atoms with E-state index in [0.29, 0.717) is 22.3 Å². The minimum Gasteiger partial charge on any atom is -0.289 e. The SMILES string of the molecule is Cc1cc(C(=O)c2ccc(F)cc2)cc(C)c1F. The molecule has 0 aliphatic heterocycles. The molecular formula is C15H12F2O. The number of halogens is 2. The van der Waals surface area contributed by atoms with Gasteiger partial charge in [-0.1, -0.05) is 0 Å². The van der Waals surface area contributed by atoms with Crippen LogP contribution in [0, 0.1) is 25.5 Å². The lowest BCUT2D eigenvalue weighted by atomic mass is 9.99. The third-order valence-corrected chi connectivity index (χ3v) is 2.81. The Morgan fingerprint density at radius 1 is 0.889 bits per heavy atom. The minimum atomic E-state index is -0.391. The van der Waals surface area contributed by atoms with Gasteiger partial charge in [-0.2, -0.15) is 0 Å². The summed E-state index contributed by atoms with van der Waals surface area (Å²) in [5.41, 5.74) is 1.67. The van der Waals surface area contributed by atoms with E-state index in [-0.39, 0.29) is 11.6 Å². The zero-order valence-electron chi connectivity index (χ0n) is 10.1. The summed E-state index contributed by atoms with van der Waals surface area (Å²) < 4.78 is 26.2. The predicted octanol–water partition coefficient (Wildman–Crippen LogP) is 3.81. The molecule has 0 atom stereocenters. The van der Waals surface area contributed by atoms with E-state index in [2.05, 4.69) is 0 Å². The highest BCUT2D eigenvalue weighted by molar-refractivity contribution is 6.09. The average Bonchev–Trinajstić information content (AvgIpc) is 2.35. The second-order valence-corrected chi connectivity index (χ2v) is 4.26. The van der Waals surface area contributed by atoms with Gasteiger partial charge in [0.2, 0.25) is 0 Å². The molecule has 0 unspecified atom stereocenters. The van der Waals surface area contributed by atoms with Crippen LogP contribution in [0.2, 0.25) is 0 Å². The lowest BCUT2D eigenvalue weighted by Crippen LogP contribution is -2.03. The summed E-state index contributed by atoms with van der Waals surface area (Å²) in [6, 6.07) is 8.33. The van der Waals surface area contributed by atoms with Gasteiger partial charge in [-0.15, -0.1) is 0 Å². The Morgan fingerprint density at radius 3 is 1.89 bits per heavy atom. The van der Waals surface area contributed by atoms with Crippen molar-refractivity contribution in [2.24, 2.45) is 0 Å². The van der Waals surface area contributed by atoms with E-state index in [1.54, 1.807) is 13.8 Å². The van der Waals surface area contributed by atoms with Crippen LogP contribution in [-0.4, -0.2) is 5.78 Å². The Balaban J connectivity index is 2.43. The van der Waals surface area contributed by atoms with E-state index in [1.807, 2.05) is 0 Å². The Bertz CT molecular complexity index is 577. The molecule has 0 aliphatic rings. The Labute approximate surface area is 104 Å². The van der Waals surface area contributed by atoms with Gasteiger partial charge in [0, 0.05) is 11.1 Å². The van der Waals surface area contributed by atoms with Crippen LogP contribution in [0.15, 0.2) is 36.4 Å². The second-order valence-electron chi connectivity index (χ2n) is 4.26. The maximum absolute atomic E-state index is 13.5. The van der Waals surface area contributed by atoms with Crippen molar-refractivity contribution in [3.05, 3.63) is 70.3 Å². The van der Waals surface area contributed by atoms with Crippen LogP contribution in [0.5, 0.6) is 0 Å². The van der Waals surface area contributed by atoms with Crippen molar-refractivity contribution < 1.29 is 13.6 Å². The van der Waals surface area contributed by atoms with Crippen molar-refractivity contribution in [3.63, 3.8) is 0 Å². The number of rotatable bonds is 2. The molecule has 92 valence electrons. The molecule has 0 saturated carbocycles. The van der Waals surface area contributed by atoms with E-state index in [9.17, 15) is 13.6 Å². The Hall–Kier alpha value is -2.03. The molecule has 0 fully saturated rings. The highest BCUT2D eigenvalue weighted by Crippen LogP contribution is 2.18. The van der Waals surface area contributed by atoms with Gasteiger partial charge in [0.25, 0.3) is 0 Å². The Kier molecular flexibility index (Phi) is 3.24. The molecule has 0 aromatic heterocycles. The number of aryl methyl sites for hydroxylation is 2. The van der Waals surface area contributed by atoms with Crippen LogP contribution in [0.3, 0.4) is 0 Å². The fourth-order valence-electron chi connectivity index (χ4n) is 1.84. The molecule has 0 spiro atoms. The molecule has 2 aromatic carbocycles. The quantitative estimate of drug-likeness (QED) is 0.736. The zero-order valence-corrected chi connectivity index (χ0v) is 10.1. The van der Waals surface area contributed by atoms with E-state index >= 15 is 0 Å². The molecule has 0 N–H and O–H groups in total. The van der Waals surface area contributed by atoms with Gasteiger partial charge in [-0.05, 0) is 61.4 Å². The minimum absolute atomic E-state index is 0.235. The molecular weight excluding hydrogens is 234 g/mol. The summed E-state index contributed by atoms with van der Waals surface area (Å²) in [7, 11) is 0. The number of hydrogen-bond acceptors (Lipinski definition) is 1. The number of carbonyl (C=O) groups excluding carboxylic acids is 1. The molecule has 18 heavy (non-hydrogen) atoms. The fraction of sp³-hybridized carbons (Fsp3) is 0.133. The number of ketones is 1. The summed E-state index contributed by atoms with van der Waals surface area (Å²) in [5, 5.41) is 0. The van der Waals surface area contributed by atoms with Crippen molar-refractivity contribution in [3.8, 4) is 0 Å². The van der Waals surface area contributed by atoms with E-state index in [0.717, 1.165) is 0 Å². The molecule has 0 saturated heterocycles. The molecule has 2 rings (SSSR count). The highest BCUT2D eigenvalue weighted by Gasteiger charge is 2.12. The third kappa shape index (κ3) is 2.30. The van der Waals surface area contributed by atoms with Gasteiger partial charge >= 0.3 is 0 Å². The summed E-state index contributed by atoms with van der Waals surface area (Å²) >= 11 is 0. The van der Waals surface area contributed by atoms with Crippen LogP contribution in [0.1, 0.15) is 27.0 Å². The van der Waals surface area contributed by atoms with Crippen molar-refractivity contribution >= 4 is 5.78 Å². The largest absolute Gasteiger partial charge is 0.289 e. The smallest absolute Gasteiger partial charge is 0.193 e. The molecule has 3 heteroatoms. The van der Waals surface area contributed by atoms with Gasteiger partial charge in [-0.3, -0.25) is 4.79 Å². The summed E-state index contributed by atoms with van der Waals surface area (Å²) in [6.45, 7) is 3.23. The van der Waals surface area contributed by atoms with Crippen molar-refractivity contribution in [1.29, 1.82) is 0 Å². The van der Waals surface area contributed by atoms with Crippen LogP contribution in [-0.2, 0) is 0 Å². The number of benzene rings is 2. The lowest BCUT2D eigenvalue weighted by Gasteiger charge is -2.06. The molecule has 0 heterocycles. The maximum Gasteiger partial charge on any atom is 0.193 e. The first-order chi connectivity index (χ1) is 8.49. The van der Waals surface area contributed by atoms with Crippen LogP contribution >= 0.6 is 0 Å². The van der Waals surface area contributed by atoms with Crippen molar-refractivity contribution in [2.45, 2.75) is 13.8 Å². The maximum atomic E-state index is 13.5. The van der Waals surface area contributed by atoms with Gasteiger partial charge in [0.1, 0.15) is 11.6 Å². The van der Waals surface area contributed by atoms with E-state index in [1.165, 1.54) is 36.4 Å². The average molecular weight is 246 g/mol. The van der Waals surface area contributed by atoms with Gasteiger partial charge < -0.3 is 0 Å².